The SMILES string of the molecule is NC(=O)C(=O)C(N)CO. The van der Waals surface area contributed by atoms with Gasteiger partial charge >= 0.3 is 0 Å². The molecule has 0 aromatic rings. The van der Waals surface area contributed by atoms with Crippen LogP contribution in [0.5, 0.6) is 0 Å². The first-order chi connectivity index (χ1) is 4.09. The Morgan fingerprint density at radius 3 is 2.11 bits per heavy atom. The number of primary amides is 1. The van der Waals surface area contributed by atoms with Crippen molar-refractivity contribution in [3.63, 3.8) is 0 Å². The molecule has 5 heteroatoms. The number of hydrogen-bond donors (Lipinski definition) is 3. The summed E-state index contributed by atoms with van der Waals surface area (Å²) < 4.78 is 0. The first kappa shape index (κ1) is 8.06. The topological polar surface area (TPSA) is 106 Å². The summed E-state index contributed by atoms with van der Waals surface area (Å²) >= 11 is 0. The number of nitrogens with two attached hydrogens (primary N) is 2. The van der Waals surface area contributed by atoms with Crippen LogP contribution >= 0.6 is 0 Å². The van der Waals surface area contributed by atoms with Gasteiger partial charge in [-0.1, -0.05) is 0 Å². The number of carbonyl (C=O) groups excluding carboxylic acids is 2. The molecule has 0 saturated carbocycles. The summed E-state index contributed by atoms with van der Waals surface area (Å²) in [6.07, 6.45) is 0. The van der Waals surface area contributed by atoms with Crippen LogP contribution in [0.4, 0.5) is 0 Å². The van der Waals surface area contributed by atoms with Crippen molar-refractivity contribution in [1.29, 1.82) is 0 Å². The average molecular weight is 132 g/mol. The van der Waals surface area contributed by atoms with E-state index in [0.29, 0.717) is 0 Å². The van der Waals surface area contributed by atoms with Crippen LogP contribution in [0.3, 0.4) is 0 Å². The third-order valence-electron chi connectivity index (χ3n) is 0.776. The van der Waals surface area contributed by atoms with Gasteiger partial charge in [-0.3, -0.25) is 9.59 Å². The highest BCUT2D eigenvalue weighted by Crippen LogP contribution is 1.77. The summed E-state index contributed by atoms with van der Waals surface area (Å²) in [5.41, 5.74) is 9.45. The molecule has 5 nitrogen and oxygen atoms in total. The van der Waals surface area contributed by atoms with E-state index in [9.17, 15) is 9.59 Å². The molecule has 0 aromatic heterocycles. The Balaban J connectivity index is 3.88. The number of ketones is 1. The molecule has 0 heterocycles. The molecule has 0 aliphatic rings. The van der Waals surface area contributed by atoms with E-state index in [-0.39, 0.29) is 0 Å². The predicted octanol–water partition coefficient (Wildman–Crippen LogP) is -2.64. The quantitative estimate of drug-likeness (QED) is 0.365. The zero-order valence-electron chi connectivity index (χ0n) is 4.70. The van der Waals surface area contributed by atoms with Crippen molar-refractivity contribution in [2.24, 2.45) is 11.5 Å². The minimum atomic E-state index is -1.16. The van der Waals surface area contributed by atoms with Gasteiger partial charge in [0, 0.05) is 0 Å². The third-order valence-corrected chi connectivity index (χ3v) is 0.776. The lowest BCUT2D eigenvalue weighted by Crippen LogP contribution is -2.42. The first-order valence-electron chi connectivity index (χ1n) is 2.29. The fourth-order valence-electron chi connectivity index (χ4n) is 0.266. The molecule has 5 N–H and O–H groups in total. The van der Waals surface area contributed by atoms with Crippen molar-refractivity contribution in [3.8, 4) is 0 Å². The summed E-state index contributed by atoms with van der Waals surface area (Å²) in [7, 11) is 0. The maximum absolute atomic E-state index is 10.3. The van der Waals surface area contributed by atoms with E-state index < -0.39 is 24.3 Å². The molecule has 1 unspecified atom stereocenters. The van der Waals surface area contributed by atoms with E-state index in [1.165, 1.54) is 0 Å². The van der Waals surface area contributed by atoms with Crippen LogP contribution in [0, 0.1) is 0 Å². The molecular weight excluding hydrogens is 124 g/mol. The average Bonchev–Trinajstić information content (AvgIpc) is 1.84. The van der Waals surface area contributed by atoms with Gasteiger partial charge in [0.2, 0.25) is 5.78 Å². The zero-order valence-corrected chi connectivity index (χ0v) is 4.70. The Bertz CT molecular complexity index is 134. The summed E-state index contributed by atoms with van der Waals surface area (Å²) in [5.74, 6) is -2.06. The number of hydrogen-bond acceptors (Lipinski definition) is 4. The molecule has 0 rings (SSSR count). The number of amides is 1. The van der Waals surface area contributed by atoms with Gasteiger partial charge in [0.05, 0.1) is 12.6 Å². The monoisotopic (exact) mass is 132 g/mol. The molecule has 0 aromatic carbocycles. The van der Waals surface area contributed by atoms with Crippen LogP contribution in [0.15, 0.2) is 0 Å². The van der Waals surface area contributed by atoms with E-state index in [0.717, 1.165) is 0 Å². The van der Waals surface area contributed by atoms with E-state index in [1.54, 1.807) is 0 Å². The molecule has 0 saturated heterocycles. The largest absolute Gasteiger partial charge is 0.394 e. The maximum Gasteiger partial charge on any atom is 0.286 e. The highest BCUT2D eigenvalue weighted by molar-refractivity contribution is 6.37. The zero-order chi connectivity index (χ0) is 7.44. The normalized spacial score (nSPS) is 12.7. The number of rotatable bonds is 3. The van der Waals surface area contributed by atoms with Crippen LogP contribution in [-0.2, 0) is 9.59 Å². The second-order valence-corrected chi connectivity index (χ2v) is 1.52. The number of Topliss-reactive ketones (excluding diaryl/α,β-unsaturated/α-hetero) is 1. The lowest BCUT2D eigenvalue weighted by Gasteiger charge is -2.00. The molecule has 0 aliphatic carbocycles. The molecule has 0 fully saturated rings. The van der Waals surface area contributed by atoms with Gasteiger partial charge in [0.25, 0.3) is 5.91 Å². The molecule has 0 bridgehead atoms. The van der Waals surface area contributed by atoms with Crippen molar-refractivity contribution in [3.05, 3.63) is 0 Å². The number of aliphatic hydroxyl groups excluding tert-OH is 1. The van der Waals surface area contributed by atoms with Gasteiger partial charge in [0.1, 0.15) is 0 Å². The molecule has 1 atom stereocenters. The Hall–Kier alpha value is -0.940. The molecule has 0 aliphatic heterocycles. The second kappa shape index (κ2) is 3.16. The van der Waals surface area contributed by atoms with E-state index in [4.69, 9.17) is 10.8 Å². The minimum Gasteiger partial charge on any atom is -0.394 e. The van der Waals surface area contributed by atoms with Gasteiger partial charge < -0.3 is 16.6 Å². The third kappa shape index (κ3) is 2.20. The van der Waals surface area contributed by atoms with Crippen LogP contribution in [-0.4, -0.2) is 29.4 Å². The van der Waals surface area contributed by atoms with Gasteiger partial charge in [0.15, 0.2) is 0 Å². The Labute approximate surface area is 51.6 Å². The molecule has 0 radical (unpaired) electrons. The summed E-state index contributed by atoms with van der Waals surface area (Å²) in [6, 6.07) is -1.16. The molecular formula is C4H8N2O3. The highest BCUT2D eigenvalue weighted by Gasteiger charge is 2.16. The van der Waals surface area contributed by atoms with Crippen molar-refractivity contribution in [2.75, 3.05) is 6.61 Å². The lowest BCUT2D eigenvalue weighted by atomic mass is 10.2. The molecule has 0 spiro atoms. The summed E-state index contributed by atoms with van der Waals surface area (Å²) in [5, 5.41) is 8.20. The number of carbonyl (C=O) groups is 2. The van der Waals surface area contributed by atoms with E-state index >= 15 is 0 Å². The number of aliphatic hydroxyl groups is 1. The molecule has 52 valence electrons. The van der Waals surface area contributed by atoms with Gasteiger partial charge in [-0.2, -0.15) is 0 Å². The Kier molecular flexibility index (Phi) is 2.83. The molecule has 1 amide bonds. The fraction of sp³-hybridized carbons (Fsp3) is 0.500. The van der Waals surface area contributed by atoms with Crippen LogP contribution in [0.25, 0.3) is 0 Å². The Morgan fingerprint density at radius 2 is 2.00 bits per heavy atom. The maximum atomic E-state index is 10.3. The second-order valence-electron chi connectivity index (χ2n) is 1.52. The van der Waals surface area contributed by atoms with E-state index in [2.05, 4.69) is 5.73 Å². The van der Waals surface area contributed by atoms with Gasteiger partial charge in [-0.25, -0.2) is 0 Å². The minimum absolute atomic E-state index is 0.554. The van der Waals surface area contributed by atoms with Crippen molar-refractivity contribution < 1.29 is 14.7 Å². The first-order valence-corrected chi connectivity index (χ1v) is 2.29. The van der Waals surface area contributed by atoms with Crippen LogP contribution < -0.4 is 11.5 Å². The summed E-state index contributed by atoms with van der Waals surface area (Å²) in [4.78, 5) is 20.3. The van der Waals surface area contributed by atoms with Crippen LogP contribution in [0.2, 0.25) is 0 Å². The van der Waals surface area contributed by atoms with E-state index in [1.807, 2.05) is 0 Å². The highest BCUT2D eigenvalue weighted by atomic mass is 16.3. The standard InChI is InChI=1S/C4H8N2O3/c5-2(1-7)3(8)4(6)9/h2,7H,1,5H2,(H2,6,9). The summed E-state index contributed by atoms with van der Waals surface area (Å²) in [6.45, 7) is -0.554. The van der Waals surface area contributed by atoms with Crippen molar-refractivity contribution in [1.82, 2.24) is 0 Å². The van der Waals surface area contributed by atoms with Crippen molar-refractivity contribution >= 4 is 11.7 Å². The molecule has 9 heavy (non-hydrogen) atoms. The Morgan fingerprint density at radius 1 is 1.56 bits per heavy atom. The van der Waals surface area contributed by atoms with Gasteiger partial charge in [-0.15, -0.1) is 0 Å². The lowest BCUT2D eigenvalue weighted by molar-refractivity contribution is -0.137. The van der Waals surface area contributed by atoms with Gasteiger partial charge in [-0.05, 0) is 0 Å². The predicted molar refractivity (Wildman–Crippen MR) is 29.3 cm³/mol. The fourth-order valence-corrected chi connectivity index (χ4v) is 0.266. The van der Waals surface area contributed by atoms with Crippen LogP contribution in [0.1, 0.15) is 0 Å². The smallest absolute Gasteiger partial charge is 0.286 e. The van der Waals surface area contributed by atoms with Crippen molar-refractivity contribution in [2.45, 2.75) is 6.04 Å².